The highest BCUT2D eigenvalue weighted by Crippen LogP contribution is 2.13. The van der Waals surface area contributed by atoms with Gasteiger partial charge in [-0.3, -0.25) is 4.79 Å². The Balaban J connectivity index is 2.05. The Bertz CT molecular complexity index is 193. The van der Waals surface area contributed by atoms with Crippen LogP contribution in [0.25, 0.3) is 0 Å². The third kappa shape index (κ3) is 4.53. The standard InChI is InChI=1S/C11H18O3/c1-10(9-12)5-4-8-14-11-6-2-3-7-13-11/h5,9,11H,2-4,6-8H2,1H3/b10-5-. The molecule has 1 aliphatic rings. The maximum absolute atomic E-state index is 10.3. The smallest absolute Gasteiger partial charge is 0.157 e. The van der Waals surface area contributed by atoms with Crippen molar-refractivity contribution in [2.45, 2.75) is 38.9 Å². The maximum atomic E-state index is 10.3. The molecule has 0 bridgehead atoms. The van der Waals surface area contributed by atoms with Crippen molar-refractivity contribution < 1.29 is 14.3 Å². The van der Waals surface area contributed by atoms with Crippen LogP contribution in [0.4, 0.5) is 0 Å². The van der Waals surface area contributed by atoms with Gasteiger partial charge in [0.05, 0.1) is 6.61 Å². The van der Waals surface area contributed by atoms with E-state index < -0.39 is 0 Å². The first kappa shape index (κ1) is 11.4. The Morgan fingerprint density at radius 2 is 2.43 bits per heavy atom. The Kier molecular flexibility index (Phi) is 5.49. The number of ether oxygens (including phenoxy) is 2. The monoisotopic (exact) mass is 198 g/mol. The van der Waals surface area contributed by atoms with Gasteiger partial charge in [-0.1, -0.05) is 6.08 Å². The molecular weight excluding hydrogens is 180 g/mol. The molecule has 0 saturated carbocycles. The van der Waals surface area contributed by atoms with E-state index in [4.69, 9.17) is 9.47 Å². The predicted molar refractivity (Wildman–Crippen MR) is 54.0 cm³/mol. The Hall–Kier alpha value is -0.670. The highest BCUT2D eigenvalue weighted by Gasteiger charge is 2.12. The van der Waals surface area contributed by atoms with E-state index >= 15 is 0 Å². The SMILES string of the molecule is C/C(C=O)=C/CCOC1CCCCO1. The lowest BCUT2D eigenvalue weighted by atomic mass is 10.2. The van der Waals surface area contributed by atoms with Crippen LogP contribution in [0.15, 0.2) is 11.6 Å². The van der Waals surface area contributed by atoms with Crippen LogP contribution in [0.1, 0.15) is 32.6 Å². The highest BCUT2D eigenvalue weighted by atomic mass is 16.7. The molecule has 1 aliphatic heterocycles. The molecule has 3 nitrogen and oxygen atoms in total. The summed E-state index contributed by atoms with van der Waals surface area (Å²) in [4.78, 5) is 10.3. The van der Waals surface area contributed by atoms with Gasteiger partial charge in [-0.15, -0.1) is 0 Å². The molecule has 0 radical (unpaired) electrons. The average molecular weight is 198 g/mol. The van der Waals surface area contributed by atoms with Crippen LogP contribution in [0.3, 0.4) is 0 Å². The van der Waals surface area contributed by atoms with Gasteiger partial charge in [0, 0.05) is 6.61 Å². The van der Waals surface area contributed by atoms with Gasteiger partial charge in [0.2, 0.25) is 0 Å². The van der Waals surface area contributed by atoms with Crippen molar-refractivity contribution in [3.63, 3.8) is 0 Å². The van der Waals surface area contributed by atoms with Crippen LogP contribution in [0.2, 0.25) is 0 Å². The summed E-state index contributed by atoms with van der Waals surface area (Å²) in [5, 5.41) is 0. The van der Waals surface area contributed by atoms with Crippen LogP contribution in [-0.2, 0) is 14.3 Å². The fraction of sp³-hybridized carbons (Fsp3) is 0.727. The zero-order chi connectivity index (χ0) is 10.2. The van der Waals surface area contributed by atoms with Crippen molar-refractivity contribution >= 4 is 6.29 Å². The van der Waals surface area contributed by atoms with Gasteiger partial charge in [-0.25, -0.2) is 0 Å². The van der Waals surface area contributed by atoms with Gasteiger partial charge in [-0.05, 0) is 38.2 Å². The van der Waals surface area contributed by atoms with Gasteiger partial charge in [-0.2, -0.15) is 0 Å². The summed E-state index contributed by atoms with van der Waals surface area (Å²) in [6.45, 7) is 3.24. The quantitative estimate of drug-likeness (QED) is 0.385. The van der Waals surface area contributed by atoms with Gasteiger partial charge in [0.15, 0.2) is 6.29 Å². The second kappa shape index (κ2) is 6.74. The number of rotatable bonds is 5. The number of carbonyl (C=O) groups is 1. The Morgan fingerprint density at radius 3 is 3.07 bits per heavy atom. The molecule has 1 unspecified atom stereocenters. The minimum atomic E-state index is -0.0197. The molecule has 0 N–H and O–H groups in total. The Labute approximate surface area is 85.1 Å². The number of carbonyl (C=O) groups excluding carboxylic acids is 1. The average Bonchev–Trinajstić information content (AvgIpc) is 2.25. The highest BCUT2D eigenvalue weighted by molar-refractivity contribution is 5.71. The minimum absolute atomic E-state index is 0.0197. The lowest BCUT2D eigenvalue weighted by molar-refractivity contribution is -0.161. The molecule has 0 amide bonds. The molecule has 0 aromatic rings. The fourth-order valence-electron chi connectivity index (χ4n) is 1.38. The molecule has 1 rings (SSSR count). The summed E-state index contributed by atoms with van der Waals surface area (Å²) in [6, 6.07) is 0. The number of hydrogen-bond donors (Lipinski definition) is 0. The van der Waals surface area contributed by atoms with Crippen molar-refractivity contribution in [2.24, 2.45) is 0 Å². The minimum Gasteiger partial charge on any atom is -0.353 e. The van der Waals surface area contributed by atoms with Crippen LogP contribution >= 0.6 is 0 Å². The normalized spacial score (nSPS) is 23.5. The largest absolute Gasteiger partial charge is 0.353 e. The van der Waals surface area contributed by atoms with Crippen molar-refractivity contribution in [2.75, 3.05) is 13.2 Å². The van der Waals surface area contributed by atoms with Crippen LogP contribution in [0.5, 0.6) is 0 Å². The molecule has 0 spiro atoms. The van der Waals surface area contributed by atoms with Crippen LogP contribution < -0.4 is 0 Å². The summed E-state index contributed by atoms with van der Waals surface area (Å²) in [5.74, 6) is 0. The predicted octanol–water partition coefficient (Wildman–Crippen LogP) is 2.06. The van der Waals surface area contributed by atoms with E-state index in [1.807, 2.05) is 6.08 Å². The molecular formula is C11H18O3. The summed E-state index contributed by atoms with van der Waals surface area (Å²) in [7, 11) is 0. The van der Waals surface area contributed by atoms with Crippen molar-refractivity contribution in [1.29, 1.82) is 0 Å². The van der Waals surface area contributed by atoms with E-state index in [2.05, 4.69) is 0 Å². The van der Waals surface area contributed by atoms with Gasteiger partial charge < -0.3 is 9.47 Å². The molecule has 0 aliphatic carbocycles. The van der Waals surface area contributed by atoms with Gasteiger partial charge in [0.25, 0.3) is 0 Å². The zero-order valence-corrected chi connectivity index (χ0v) is 8.70. The molecule has 0 aromatic heterocycles. The summed E-state index contributed by atoms with van der Waals surface area (Å²) in [6.07, 6.45) is 6.83. The van der Waals surface area contributed by atoms with Crippen molar-refractivity contribution in [3.05, 3.63) is 11.6 Å². The van der Waals surface area contributed by atoms with Crippen molar-refractivity contribution in [3.8, 4) is 0 Å². The van der Waals surface area contributed by atoms with Gasteiger partial charge >= 0.3 is 0 Å². The maximum Gasteiger partial charge on any atom is 0.157 e. The van der Waals surface area contributed by atoms with E-state index in [1.54, 1.807) is 6.92 Å². The van der Waals surface area contributed by atoms with E-state index in [9.17, 15) is 4.79 Å². The zero-order valence-electron chi connectivity index (χ0n) is 8.70. The second-order valence-electron chi connectivity index (χ2n) is 3.52. The molecule has 1 atom stereocenters. The topological polar surface area (TPSA) is 35.5 Å². The summed E-state index contributed by atoms with van der Waals surface area (Å²) < 4.78 is 10.9. The molecule has 14 heavy (non-hydrogen) atoms. The first-order valence-corrected chi connectivity index (χ1v) is 5.18. The number of aldehydes is 1. The van der Waals surface area contributed by atoms with E-state index in [1.165, 1.54) is 6.42 Å². The van der Waals surface area contributed by atoms with E-state index in [-0.39, 0.29) is 6.29 Å². The summed E-state index contributed by atoms with van der Waals surface area (Å²) >= 11 is 0. The van der Waals surface area contributed by atoms with Gasteiger partial charge in [0.1, 0.15) is 6.29 Å². The third-order valence-electron chi connectivity index (χ3n) is 2.21. The number of hydrogen-bond acceptors (Lipinski definition) is 3. The second-order valence-corrected chi connectivity index (χ2v) is 3.52. The van der Waals surface area contributed by atoms with Crippen molar-refractivity contribution in [1.82, 2.24) is 0 Å². The molecule has 1 heterocycles. The number of allylic oxidation sites excluding steroid dienone is 1. The molecule has 1 saturated heterocycles. The van der Waals surface area contributed by atoms with Crippen LogP contribution in [-0.4, -0.2) is 25.8 Å². The molecule has 0 aromatic carbocycles. The summed E-state index contributed by atoms with van der Waals surface area (Å²) in [5.41, 5.74) is 0.762. The Morgan fingerprint density at radius 1 is 1.57 bits per heavy atom. The molecule has 80 valence electrons. The lowest BCUT2D eigenvalue weighted by Crippen LogP contribution is -2.22. The first-order valence-electron chi connectivity index (χ1n) is 5.18. The van der Waals surface area contributed by atoms with Crippen LogP contribution in [0, 0.1) is 0 Å². The lowest BCUT2D eigenvalue weighted by Gasteiger charge is -2.22. The molecule has 1 fully saturated rings. The van der Waals surface area contributed by atoms with E-state index in [0.29, 0.717) is 6.61 Å². The van der Waals surface area contributed by atoms with E-state index in [0.717, 1.165) is 37.7 Å². The first-order chi connectivity index (χ1) is 6.83. The third-order valence-corrected chi connectivity index (χ3v) is 2.21. The molecule has 3 heteroatoms. The fourth-order valence-corrected chi connectivity index (χ4v) is 1.38.